The predicted octanol–water partition coefficient (Wildman–Crippen LogP) is 2.77. The van der Waals surface area contributed by atoms with Crippen molar-refractivity contribution < 1.29 is 24.1 Å². The van der Waals surface area contributed by atoms with Gasteiger partial charge in [-0.05, 0) is 17.7 Å². The van der Waals surface area contributed by atoms with Crippen molar-refractivity contribution in [3.05, 3.63) is 50.8 Å². The van der Waals surface area contributed by atoms with E-state index in [9.17, 15) is 14.7 Å². The van der Waals surface area contributed by atoms with Gasteiger partial charge in [-0.25, -0.2) is 9.78 Å². The first-order valence-electron chi connectivity index (χ1n) is 11.5. The molecule has 9 nitrogen and oxygen atoms in total. The maximum atomic E-state index is 13.2. The normalized spacial score (nSPS) is 17.1. The summed E-state index contributed by atoms with van der Waals surface area (Å²) in [4.78, 5) is 30.0. The van der Waals surface area contributed by atoms with Gasteiger partial charge in [-0.2, -0.15) is 0 Å². The Hall–Kier alpha value is -3.43. The second-order valence-electron chi connectivity index (χ2n) is 8.54. The molecule has 1 unspecified atom stereocenters. The Balaban J connectivity index is 0.00000117. The zero-order chi connectivity index (χ0) is 24.1. The highest BCUT2D eigenvalue weighted by atomic mass is 16.7. The largest absolute Gasteiger partial charge is 0.458 e. The van der Waals surface area contributed by atoms with Gasteiger partial charge in [0, 0.05) is 35.2 Å². The molecule has 34 heavy (non-hydrogen) atoms. The van der Waals surface area contributed by atoms with Crippen LogP contribution in [0.2, 0.25) is 0 Å². The summed E-state index contributed by atoms with van der Waals surface area (Å²) in [5, 5.41) is 14.7. The Bertz CT molecular complexity index is 1380. The van der Waals surface area contributed by atoms with E-state index < -0.39 is 12.1 Å². The monoisotopic (exact) mass is 465 g/mol. The van der Waals surface area contributed by atoms with E-state index in [1.165, 1.54) is 0 Å². The lowest BCUT2D eigenvalue weighted by Gasteiger charge is -2.21. The number of hydrogen-bond acceptors (Lipinski definition) is 8. The summed E-state index contributed by atoms with van der Waals surface area (Å²) in [6, 6.07) is 5.75. The van der Waals surface area contributed by atoms with Crippen molar-refractivity contribution in [1.82, 2.24) is 14.9 Å². The van der Waals surface area contributed by atoms with Crippen LogP contribution in [0, 0.1) is 0 Å². The first kappa shape index (κ1) is 22.4. The molecular formula is C25H27N3O6. The number of aromatic nitrogens is 2. The van der Waals surface area contributed by atoms with Gasteiger partial charge in [0.15, 0.2) is 17.6 Å². The van der Waals surface area contributed by atoms with Gasteiger partial charge in [0.25, 0.3) is 5.56 Å². The van der Waals surface area contributed by atoms with Crippen LogP contribution < -0.4 is 20.3 Å². The third-order valence-electron chi connectivity index (χ3n) is 6.26. The Labute approximate surface area is 196 Å². The van der Waals surface area contributed by atoms with Crippen LogP contribution in [0.3, 0.4) is 0 Å². The number of esters is 1. The lowest BCUT2D eigenvalue weighted by atomic mass is 9.98. The highest BCUT2D eigenvalue weighted by molar-refractivity contribution is 5.91. The molecule has 3 aliphatic heterocycles. The average molecular weight is 466 g/mol. The third kappa shape index (κ3) is 3.35. The number of aliphatic hydroxyl groups is 1. The van der Waals surface area contributed by atoms with Crippen molar-refractivity contribution in [1.29, 1.82) is 0 Å². The lowest BCUT2D eigenvalue weighted by Crippen LogP contribution is -2.32. The number of nitrogens with one attached hydrogen (secondary N) is 1. The molecular weight excluding hydrogens is 438 g/mol. The lowest BCUT2D eigenvalue weighted by molar-refractivity contribution is -0.157. The summed E-state index contributed by atoms with van der Waals surface area (Å²) in [6.07, 6.45) is -1.47. The quantitative estimate of drug-likeness (QED) is 0.444. The topological polar surface area (TPSA) is 112 Å². The van der Waals surface area contributed by atoms with Gasteiger partial charge in [-0.1, -0.05) is 27.7 Å². The van der Waals surface area contributed by atoms with Gasteiger partial charge in [0.1, 0.15) is 6.61 Å². The minimum absolute atomic E-state index is 0.140. The molecule has 9 heteroatoms. The van der Waals surface area contributed by atoms with Gasteiger partial charge in [-0.3, -0.25) is 4.79 Å². The van der Waals surface area contributed by atoms with E-state index in [1.54, 1.807) is 10.6 Å². The average Bonchev–Trinajstić information content (AvgIpc) is 3.44. The number of hydrogen-bond donors (Lipinski definition) is 2. The molecule has 0 spiro atoms. The molecule has 0 fully saturated rings. The molecule has 0 amide bonds. The molecule has 2 aromatic heterocycles. The molecule has 0 radical (unpaired) electrons. The zero-order valence-corrected chi connectivity index (χ0v) is 19.6. The highest BCUT2D eigenvalue weighted by Gasteiger charge is 2.35. The van der Waals surface area contributed by atoms with Crippen molar-refractivity contribution >= 4 is 16.9 Å². The van der Waals surface area contributed by atoms with E-state index in [4.69, 9.17) is 19.2 Å². The number of aliphatic hydroxyl groups excluding tert-OH is 1. The molecule has 0 saturated carbocycles. The fourth-order valence-electron chi connectivity index (χ4n) is 4.61. The van der Waals surface area contributed by atoms with Crippen LogP contribution in [-0.4, -0.2) is 33.5 Å². The maximum Gasteiger partial charge on any atom is 0.340 e. The number of benzene rings is 1. The summed E-state index contributed by atoms with van der Waals surface area (Å²) >= 11 is 0. The molecule has 0 bridgehead atoms. The molecule has 178 valence electrons. The van der Waals surface area contributed by atoms with Crippen LogP contribution in [0.1, 0.15) is 56.1 Å². The number of rotatable bonds is 3. The Morgan fingerprint density at radius 1 is 1.12 bits per heavy atom. The van der Waals surface area contributed by atoms with Crippen molar-refractivity contribution in [2.75, 3.05) is 6.79 Å². The summed E-state index contributed by atoms with van der Waals surface area (Å²) in [5.41, 5.74) is 4.28. The smallest absolute Gasteiger partial charge is 0.340 e. The maximum absolute atomic E-state index is 13.2. The van der Waals surface area contributed by atoms with Gasteiger partial charge in [0.2, 0.25) is 6.79 Å². The predicted molar refractivity (Wildman–Crippen MR) is 125 cm³/mol. The molecule has 6 rings (SSSR count). The van der Waals surface area contributed by atoms with E-state index in [0.29, 0.717) is 47.1 Å². The summed E-state index contributed by atoms with van der Waals surface area (Å²) in [5.74, 6) is 0.555. The van der Waals surface area contributed by atoms with E-state index >= 15 is 0 Å². The van der Waals surface area contributed by atoms with E-state index in [2.05, 4.69) is 19.2 Å². The Kier molecular flexibility index (Phi) is 5.53. The fourth-order valence-corrected chi connectivity index (χ4v) is 4.61. The molecule has 0 aliphatic carbocycles. The molecule has 1 atom stereocenters. The summed E-state index contributed by atoms with van der Waals surface area (Å²) in [6.45, 7) is 9.12. The highest BCUT2D eigenvalue weighted by Crippen LogP contribution is 2.42. The number of carbonyl (C=O) groups excluding carboxylic acids is 1. The number of fused-ring (bicyclic) bond motifs is 6. The molecule has 2 N–H and O–H groups in total. The van der Waals surface area contributed by atoms with E-state index in [0.717, 1.165) is 22.0 Å². The molecule has 5 heterocycles. The van der Waals surface area contributed by atoms with Crippen molar-refractivity contribution in [3.63, 3.8) is 0 Å². The number of cyclic esters (lactones) is 1. The second kappa shape index (κ2) is 8.41. The SMILES string of the molecule is CC.CC(C)NCc1c2c(nc3cc4c(cc13)OCO4)-c1cc3c(c(=O)n1C2)COC(=O)C3O. The van der Waals surface area contributed by atoms with E-state index in [-0.39, 0.29) is 25.0 Å². The van der Waals surface area contributed by atoms with Crippen LogP contribution in [0.15, 0.2) is 23.0 Å². The van der Waals surface area contributed by atoms with Crippen LogP contribution >= 0.6 is 0 Å². The van der Waals surface area contributed by atoms with E-state index in [1.807, 2.05) is 26.0 Å². The Morgan fingerprint density at radius 3 is 2.59 bits per heavy atom. The van der Waals surface area contributed by atoms with Gasteiger partial charge in [0.05, 0.1) is 29.0 Å². The summed E-state index contributed by atoms with van der Waals surface area (Å²) in [7, 11) is 0. The van der Waals surface area contributed by atoms with Gasteiger partial charge < -0.3 is 29.2 Å². The van der Waals surface area contributed by atoms with Crippen LogP contribution in [0.5, 0.6) is 11.5 Å². The molecule has 3 aromatic rings. The number of ether oxygens (including phenoxy) is 3. The zero-order valence-electron chi connectivity index (χ0n) is 19.6. The Morgan fingerprint density at radius 2 is 1.85 bits per heavy atom. The first-order chi connectivity index (χ1) is 16.4. The number of carbonyl (C=O) groups is 1. The third-order valence-corrected chi connectivity index (χ3v) is 6.26. The van der Waals surface area contributed by atoms with Crippen LogP contribution in [0.25, 0.3) is 22.3 Å². The fraction of sp³-hybridized carbons (Fsp3) is 0.400. The van der Waals surface area contributed by atoms with Crippen LogP contribution in [0.4, 0.5) is 0 Å². The van der Waals surface area contributed by atoms with Gasteiger partial charge >= 0.3 is 5.97 Å². The molecule has 0 saturated heterocycles. The summed E-state index contributed by atoms with van der Waals surface area (Å²) < 4.78 is 17.7. The second-order valence-corrected chi connectivity index (χ2v) is 8.54. The first-order valence-corrected chi connectivity index (χ1v) is 11.5. The standard InChI is InChI=1S/C23H21N3O6.C2H6/c1-10(2)24-6-13-11-4-18-19(32-9-31-18)5-16(11)25-20-14(13)7-26-17(20)3-12-15(22(26)28)8-30-23(29)21(12)27;1-2/h3-5,10,21,24,27H,6-9H2,1-2H3;1-2H3. The number of pyridine rings is 2. The molecule has 1 aromatic carbocycles. The van der Waals surface area contributed by atoms with Crippen LogP contribution in [-0.2, 0) is 29.2 Å². The van der Waals surface area contributed by atoms with Crippen molar-refractivity contribution in [2.24, 2.45) is 0 Å². The molecule has 3 aliphatic rings. The van der Waals surface area contributed by atoms with Crippen molar-refractivity contribution in [2.45, 2.75) is 59.5 Å². The minimum Gasteiger partial charge on any atom is -0.458 e. The minimum atomic E-state index is -1.47. The van der Waals surface area contributed by atoms with Crippen molar-refractivity contribution in [3.8, 4) is 22.9 Å². The van der Waals surface area contributed by atoms with Gasteiger partial charge in [-0.15, -0.1) is 0 Å². The number of nitrogens with zero attached hydrogens (tertiary/aromatic N) is 2.